The number of para-hydroxylation sites is 2. The summed E-state index contributed by atoms with van der Waals surface area (Å²) in [5.41, 5.74) is 5.87. The van der Waals surface area contributed by atoms with E-state index in [-0.39, 0.29) is 28.1 Å². The number of primary amides is 1. The quantitative estimate of drug-likeness (QED) is 0.673. The Balaban J connectivity index is 2.10. The summed E-state index contributed by atoms with van der Waals surface area (Å²) in [6.07, 6.45) is 1.42. The van der Waals surface area contributed by atoms with Gasteiger partial charge in [0, 0.05) is 11.8 Å². The first-order chi connectivity index (χ1) is 13.0. The van der Waals surface area contributed by atoms with Crippen molar-refractivity contribution in [3.8, 4) is 34.7 Å². The molecule has 1 aromatic carbocycles. The highest BCUT2D eigenvalue weighted by Crippen LogP contribution is 2.36. The third kappa shape index (κ3) is 3.78. The largest absolute Gasteiger partial charge is 0.493 e. The highest BCUT2D eigenvalue weighted by atomic mass is 35.5. The Bertz CT molecular complexity index is 1070. The van der Waals surface area contributed by atoms with Gasteiger partial charge in [-0.25, -0.2) is 15.0 Å². The molecule has 0 radical (unpaired) electrons. The normalized spacial score (nSPS) is 10.1. The van der Waals surface area contributed by atoms with Crippen LogP contribution in [-0.4, -0.2) is 28.0 Å². The zero-order valence-electron chi connectivity index (χ0n) is 14.0. The number of hydrogen-bond donors (Lipinski definition) is 1. The summed E-state index contributed by atoms with van der Waals surface area (Å²) in [6, 6.07) is 11.8. The maximum Gasteiger partial charge on any atom is 0.271 e. The van der Waals surface area contributed by atoms with Crippen LogP contribution in [0.4, 0.5) is 0 Å². The van der Waals surface area contributed by atoms with Gasteiger partial charge in [-0.15, -0.1) is 0 Å². The molecule has 3 rings (SSSR count). The number of methoxy groups -OCH3 is 1. The number of rotatable bonds is 5. The highest BCUT2D eigenvalue weighted by Gasteiger charge is 2.21. The van der Waals surface area contributed by atoms with Crippen LogP contribution < -0.4 is 15.2 Å². The lowest BCUT2D eigenvalue weighted by Crippen LogP contribution is -2.16. The van der Waals surface area contributed by atoms with Gasteiger partial charge in [0.1, 0.15) is 11.8 Å². The average molecular weight is 382 g/mol. The van der Waals surface area contributed by atoms with E-state index in [4.69, 9.17) is 32.1 Å². The summed E-state index contributed by atoms with van der Waals surface area (Å²) >= 11 is 6.24. The molecule has 1 amide bonds. The molecule has 0 aliphatic heterocycles. The van der Waals surface area contributed by atoms with Gasteiger partial charge in [0.2, 0.25) is 0 Å². The van der Waals surface area contributed by atoms with Gasteiger partial charge >= 0.3 is 0 Å². The van der Waals surface area contributed by atoms with Crippen LogP contribution in [0.2, 0.25) is 5.15 Å². The molecule has 0 unspecified atom stereocenters. The molecule has 0 atom stereocenters. The van der Waals surface area contributed by atoms with Crippen molar-refractivity contribution in [2.45, 2.75) is 0 Å². The van der Waals surface area contributed by atoms with Gasteiger partial charge in [0.05, 0.1) is 7.11 Å². The molecule has 0 bridgehead atoms. The summed E-state index contributed by atoms with van der Waals surface area (Å²) in [5, 5.41) is 8.86. The first-order valence-corrected chi connectivity index (χ1v) is 7.96. The minimum Gasteiger partial charge on any atom is -0.493 e. The van der Waals surface area contributed by atoms with Crippen LogP contribution in [-0.2, 0) is 0 Å². The van der Waals surface area contributed by atoms with Crippen LogP contribution in [0.15, 0.2) is 42.6 Å². The van der Waals surface area contributed by atoms with E-state index in [1.54, 1.807) is 30.3 Å². The average Bonchev–Trinajstić information content (AvgIpc) is 2.69. The molecular weight excluding hydrogens is 370 g/mol. The van der Waals surface area contributed by atoms with Crippen molar-refractivity contribution in [1.82, 2.24) is 15.0 Å². The third-order valence-electron chi connectivity index (χ3n) is 3.47. The molecular formula is C18H12ClN5O3. The van der Waals surface area contributed by atoms with Crippen molar-refractivity contribution in [2.75, 3.05) is 7.11 Å². The summed E-state index contributed by atoms with van der Waals surface area (Å²) in [5.74, 6) is -0.0793. The Kier molecular flexibility index (Phi) is 5.15. The number of carbonyl (C=O) groups excluding carboxylic acids is 1. The number of aromatic nitrogens is 3. The predicted octanol–water partition coefficient (Wildman–Crippen LogP) is 2.96. The van der Waals surface area contributed by atoms with E-state index in [9.17, 15) is 4.79 Å². The number of hydrogen-bond acceptors (Lipinski definition) is 7. The van der Waals surface area contributed by atoms with Crippen LogP contribution in [0.1, 0.15) is 16.2 Å². The molecule has 0 fully saturated rings. The molecule has 2 aromatic heterocycles. The molecule has 2 heterocycles. The van der Waals surface area contributed by atoms with Gasteiger partial charge in [0.25, 0.3) is 5.91 Å². The second-order valence-corrected chi connectivity index (χ2v) is 5.53. The van der Waals surface area contributed by atoms with Gasteiger partial charge in [-0.05, 0) is 24.3 Å². The smallest absolute Gasteiger partial charge is 0.271 e. The fraction of sp³-hybridized carbons (Fsp3) is 0.0556. The van der Waals surface area contributed by atoms with Gasteiger partial charge in [0.15, 0.2) is 33.9 Å². The Morgan fingerprint density at radius 3 is 2.63 bits per heavy atom. The van der Waals surface area contributed by atoms with Crippen LogP contribution in [0.5, 0.6) is 17.2 Å². The first kappa shape index (κ1) is 18.1. The van der Waals surface area contributed by atoms with Crippen LogP contribution in [0, 0.1) is 11.3 Å². The van der Waals surface area contributed by atoms with Gasteiger partial charge < -0.3 is 15.2 Å². The number of pyridine rings is 1. The second-order valence-electron chi connectivity index (χ2n) is 5.17. The van der Waals surface area contributed by atoms with Gasteiger partial charge in [-0.1, -0.05) is 23.7 Å². The minimum atomic E-state index is -0.847. The van der Waals surface area contributed by atoms with E-state index in [1.165, 1.54) is 19.4 Å². The SMILES string of the molecule is COc1ccccc1Oc1c(Cl)nc(-c2ccnc(C#N)c2)nc1C(N)=O. The summed E-state index contributed by atoms with van der Waals surface area (Å²) in [6.45, 7) is 0. The van der Waals surface area contributed by atoms with Crippen LogP contribution in [0.3, 0.4) is 0 Å². The topological polar surface area (TPSA) is 124 Å². The van der Waals surface area contributed by atoms with Crippen molar-refractivity contribution in [2.24, 2.45) is 5.73 Å². The van der Waals surface area contributed by atoms with Crippen molar-refractivity contribution in [3.63, 3.8) is 0 Å². The second kappa shape index (κ2) is 7.68. The fourth-order valence-electron chi connectivity index (χ4n) is 2.25. The number of carbonyl (C=O) groups is 1. The Hall–Kier alpha value is -3.70. The van der Waals surface area contributed by atoms with E-state index in [0.717, 1.165) is 0 Å². The maximum atomic E-state index is 11.9. The van der Waals surface area contributed by atoms with E-state index in [2.05, 4.69) is 15.0 Å². The van der Waals surface area contributed by atoms with Crippen LogP contribution in [0.25, 0.3) is 11.4 Å². The monoisotopic (exact) mass is 381 g/mol. The molecule has 0 saturated carbocycles. The Morgan fingerprint density at radius 2 is 1.96 bits per heavy atom. The van der Waals surface area contributed by atoms with E-state index >= 15 is 0 Å². The number of halogens is 1. The van der Waals surface area contributed by atoms with Crippen molar-refractivity contribution >= 4 is 17.5 Å². The lowest BCUT2D eigenvalue weighted by atomic mass is 10.2. The number of benzene rings is 1. The Labute approximate surface area is 159 Å². The number of nitriles is 1. The van der Waals surface area contributed by atoms with Gasteiger partial charge in [-0.2, -0.15) is 5.26 Å². The number of nitrogens with zero attached hydrogens (tertiary/aromatic N) is 4. The lowest BCUT2D eigenvalue weighted by molar-refractivity contribution is 0.0993. The Morgan fingerprint density at radius 1 is 1.22 bits per heavy atom. The molecule has 0 spiro atoms. The zero-order valence-corrected chi connectivity index (χ0v) is 14.8. The number of nitrogens with two attached hydrogens (primary N) is 1. The van der Waals surface area contributed by atoms with Crippen molar-refractivity contribution in [3.05, 3.63) is 59.1 Å². The van der Waals surface area contributed by atoms with Crippen molar-refractivity contribution in [1.29, 1.82) is 5.26 Å². The fourth-order valence-corrected chi connectivity index (χ4v) is 2.46. The minimum absolute atomic E-state index is 0.0908. The van der Waals surface area contributed by atoms with Gasteiger partial charge in [-0.3, -0.25) is 4.79 Å². The molecule has 8 nitrogen and oxygen atoms in total. The summed E-state index contributed by atoms with van der Waals surface area (Å²) < 4.78 is 10.9. The van der Waals surface area contributed by atoms with E-state index in [0.29, 0.717) is 17.1 Å². The summed E-state index contributed by atoms with van der Waals surface area (Å²) in [4.78, 5) is 24.1. The lowest BCUT2D eigenvalue weighted by Gasteiger charge is -2.13. The standard InChI is InChI=1S/C18H12ClN5O3/c1-26-12-4-2-3-5-13(12)27-15-14(17(21)25)23-18(24-16(15)19)10-6-7-22-11(8-10)9-20/h2-8H,1H3,(H2,21,25). The molecule has 0 aliphatic rings. The van der Waals surface area contributed by atoms with E-state index in [1.807, 2.05) is 6.07 Å². The first-order valence-electron chi connectivity index (χ1n) is 7.58. The third-order valence-corrected chi connectivity index (χ3v) is 3.73. The highest BCUT2D eigenvalue weighted by molar-refractivity contribution is 6.31. The maximum absolute atomic E-state index is 11.9. The molecule has 27 heavy (non-hydrogen) atoms. The van der Waals surface area contributed by atoms with E-state index < -0.39 is 5.91 Å². The van der Waals surface area contributed by atoms with Crippen molar-refractivity contribution < 1.29 is 14.3 Å². The zero-order chi connectivity index (χ0) is 19.4. The number of ether oxygens (including phenoxy) is 2. The van der Waals surface area contributed by atoms with Crippen LogP contribution >= 0.6 is 11.6 Å². The molecule has 134 valence electrons. The predicted molar refractivity (Wildman–Crippen MR) is 96.6 cm³/mol. The molecule has 9 heteroatoms. The number of amides is 1. The molecule has 0 saturated heterocycles. The molecule has 2 N–H and O–H groups in total. The molecule has 3 aromatic rings. The summed E-state index contributed by atoms with van der Waals surface area (Å²) in [7, 11) is 1.48. The molecule has 0 aliphatic carbocycles.